The number of nitrogens with zero attached hydrogens (tertiary/aromatic N) is 2. The summed E-state index contributed by atoms with van der Waals surface area (Å²) in [5.41, 5.74) is 6.90. The van der Waals surface area contributed by atoms with E-state index >= 15 is 0 Å². The maximum absolute atomic E-state index is 12.9. The van der Waals surface area contributed by atoms with E-state index in [1.807, 2.05) is 42.3 Å². The van der Waals surface area contributed by atoms with Crippen LogP contribution in [0.2, 0.25) is 0 Å². The van der Waals surface area contributed by atoms with E-state index in [2.05, 4.69) is 0 Å². The molecule has 0 aromatic heterocycles. The number of anilines is 1. The lowest BCUT2D eigenvalue weighted by molar-refractivity contribution is -0.137. The van der Waals surface area contributed by atoms with Crippen molar-refractivity contribution in [2.24, 2.45) is 17.6 Å². The molecule has 144 valence electrons. The Bertz CT molecular complexity index is 638. The van der Waals surface area contributed by atoms with E-state index in [0.29, 0.717) is 18.9 Å². The fourth-order valence-electron chi connectivity index (χ4n) is 3.78. The number of amides is 2. The summed E-state index contributed by atoms with van der Waals surface area (Å²) in [5.74, 6) is 0.280. The zero-order chi connectivity index (χ0) is 18.0. The molecule has 0 aliphatic carbocycles. The van der Waals surface area contributed by atoms with Crippen molar-refractivity contribution in [3.8, 4) is 0 Å². The molecule has 2 aliphatic heterocycles. The molecule has 0 spiro atoms. The van der Waals surface area contributed by atoms with Gasteiger partial charge in [0.05, 0.1) is 5.92 Å². The van der Waals surface area contributed by atoms with Gasteiger partial charge in [-0.1, -0.05) is 0 Å². The molecule has 2 heterocycles. The highest BCUT2D eigenvalue weighted by Gasteiger charge is 2.38. The van der Waals surface area contributed by atoms with E-state index < -0.39 is 0 Å². The molecule has 2 amide bonds. The smallest absolute Gasteiger partial charge is 0.228 e. The van der Waals surface area contributed by atoms with Crippen molar-refractivity contribution in [3.05, 3.63) is 24.3 Å². The summed E-state index contributed by atoms with van der Waals surface area (Å²) in [5, 5.41) is 0. The number of nitrogens with two attached hydrogens (primary N) is 1. The number of benzene rings is 1. The van der Waals surface area contributed by atoms with Gasteiger partial charge in [-0.25, -0.2) is 0 Å². The van der Waals surface area contributed by atoms with Gasteiger partial charge >= 0.3 is 0 Å². The molecule has 2 N–H and O–H groups in total. The molecule has 2 fully saturated rings. The average molecular weight is 398 g/mol. The van der Waals surface area contributed by atoms with Crippen molar-refractivity contribution in [1.29, 1.82) is 0 Å². The predicted molar refractivity (Wildman–Crippen MR) is 109 cm³/mol. The van der Waals surface area contributed by atoms with E-state index in [4.69, 9.17) is 5.73 Å². The van der Waals surface area contributed by atoms with Crippen molar-refractivity contribution >= 4 is 41.7 Å². The van der Waals surface area contributed by atoms with E-state index in [1.54, 1.807) is 16.7 Å². The van der Waals surface area contributed by atoms with E-state index in [-0.39, 0.29) is 36.2 Å². The van der Waals surface area contributed by atoms with Crippen LogP contribution in [-0.4, -0.2) is 48.6 Å². The van der Waals surface area contributed by atoms with Crippen molar-refractivity contribution in [3.63, 3.8) is 0 Å². The van der Waals surface area contributed by atoms with Crippen LogP contribution in [0.25, 0.3) is 0 Å². The number of hydrogen-bond donors (Lipinski definition) is 1. The third-order valence-corrected chi connectivity index (χ3v) is 6.12. The lowest BCUT2D eigenvalue weighted by Crippen LogP contribution is -2.47. The summed E-state index contributed by atoms with van der Waals surface area (Å²) in [6.07, 6.45) is 4.42. The predicted octanol–water partition coefficient (Wildman–Crippen LogP) is 2.77. The minimum Gasteiger partial charge on any atom is -0.342 e. The molecule has 5 nitrogen and oxygen atoms in total. The van der Waals surface area contributed by atoms with Crippen LogP contribution in [0.15, 0.2) is 29.2 Å². The van der Waals surface area contributed by atoms with Gasteiger partial charge in [-0.2, -0.15) is 0 Å². The molecule has 1 aromatic carbocycles. The first-order valence-electron chi connectivity index (χ1n) is 8.98. The largest absolute Gasteiger partial charge is 0.342 e. The molecule has 26 heavy (non-hydrogen) atoms. The lowest BCUT2D eigenvalue weighted by Gasteiger charge is -2.35. The summed E-state index contributed by atoms with van der Waals surface area (Å²) < 4.78 is 0. The fraction of sp³-hybridized carbons (Fsp3) is 0.579. The SMILES string of the molecule is CSc1ccc(N2CC(C(=O)N3CCCC(C(C)N)C3)CC2=O)cc1.Cl. The van der Waals surface area contributed by atoms with Crippen LogP contribution >= 0.6 is 24.2 Å². The summed E-state index contributed by atoms with van der Waals surface area (Å²) in [4.78, 5) is 30.2. The Morgan fingerprint density at radius 1 is 1.27 bits per heavy atom. The number of carbonyl (C=O) groups is 2. The van der Waals surface area contributed by atoms with Gasteiger partial charge in [0.2, 0.25) is 11.8 Å². The molecule has 0 saturated carbocycles. The quantitative estimate of drug-likeness (QED) is 0.793. The normalized spacial score (nSPS) is 24.3. The maximum atomic E-state index is 12.9. The van der Waals surface area contributed by atoms with Crippen LogP contribution in [0.1, 0.15) is 26.2 Å². The highest BCUT2D eigenvalue weighted by atomic mass is 35.5. The number of likely N-dealkylation sites (tertiary alicyclic amines) is 1. The van der Waals surface area contributed by atoms with Crippen molar-refractivity contribution in [1.82, 2.24) is 4.90 Å². The summed E-state index contributed by atoms with van der Waals surface area (Å²) >= 11 is 1.67. The Morgan fingerprint density at radius 3 is 2.58 bits per heavy atom. The van der Waals surface area contributed by atoms with Gasteiger partial charge in [-0.3, -0.25) is 9.59 Å². The van der Waals surface area contributed by atoms with Crippen LogP contribution in [0.5, 0.6) is 0 Å². The average Bonchev–Trinajstić information content (AvgIpc) is 3.03. The first-order valence-corrected chi connectivity index (χ1v) is 10.2. The minimum atomic E-state index is -0.237. The zero-order valence-corrected chi connectivity index (χ0v) is 17.0. The highest BCUT2D eigenvalue weighted by molar-refractivity contribution is 7.98. The first-order chi connectivity index (χ1) is 12.0. The molecule has 0 bridgehead atoms. The summed E-state index contributed by atoms with van der Waals surface area (Å²) in [6.45, 7) is 4.01. The Hall–Kier alpha value is -1.24. The molecular formula is C19H28ClN3O2S. The third-order valence-electron chi connectivity index (χ3n) is 5.37. The van der Waals surface area contributed by atoms with Crippen LogP contribution in [0, 0.1) is 11.8 Å². The van der Waals surface area contributed by atoms with Gasteiger partial charge in [-0.05, 0) is 56.2 Å². The second-order valence-corrected chi connectivity index (χ2v) is 8.03. The van der Waals surface area contributed by atoms with Crippen molar-refractivity contribution in [2.45, 2.75) is 37.1 Å². The van der Waals surface area contributed by atoms with Gasteiger partial charge in [0, 0.05) is 42.7 Å². The van der Waals surface area contributed by atoms with E-state index in [1.165, 1.54) is 4.90 Å². The van der Waals surface area contributed by atoms with Crippen LogP contribution in [-0.2, 0) is 9.59 Å². The van der Waals surface area contributed by atoms with Crippen molar-refractivity contribution in [2.75, 3.05) is 30.8 Å². The Kier molecular flexibility index (Phi) is 7.38. The molecule has 2 saturated heterocycles. The summed E-state index contributed by atoms with van der Waals surface area (Å²) in [6, 6.07) is 8.06. The van der Waals surface area contributed by atoms with Gasteiger partial charge in [-0.15, -0.1) is 24.2 Å². The van der Waals surface area contributed by atoms with Crippen LogP contribution in [0.3, 0.4) is 0 Å². The Morgan fingerprint density at radius 2 is 1.96 bits per heavy atom. The maximum Gasteiger partial charge on any atom is 0.228 e. The molecule has 7 heteroatoms. The second kappa shape index (κ2) is 9.11. The molecule has 1 aromatic rings. The van der Waals surface area contributed by atoms with Gasteiger partial charge in [0.1, 0.15) is 0 Å². The van der Waals surface area contributed by atoms with E-state index in [9.17, 15) is 9.59 Å². The van der Waals surface area contributed by atoms with Gasteiger partial charge in [0.15, 0.2) is 0 Å². The van der Waals surface area contributed by atoms with Gasteiger partial charge in [0.25, 0.3) is 0 Å². The number of thioether (sulfide) groups is 1. The highest BCUT2D eigenvalue weighted by Crippen LogP contribution is 2.29. The van der Waals surface area contributed by atoms with Crippen LogP contribution < -0.4 is 10.6 Å². The van der Waals surface area contributed by atoms with E-state index in [0.717, 1.165) is 31.6 Å². The Labute approximate surface area is 166 Å². The third kappa shape index (κ3) is 4.53. The molecule has 0 radical (unpaired) electrons. The second-order valence-electron chi connectivity index (χ2n) is 7.15. The minimum absolute atomic E-state index is 0. The fourth-order valence-corrected chi connectivity index (χ4v) is 4.19. The lowest BCUT2D eigenvalue weighted by atomic mass is 9.91. The number of rotatable bonds is 4. The molecule has 3 unspecified atom stereocenters. The standard InChI is InChI=1S/C19H27N3O2S.ClH/c1-13(20)14-4-3-9-21(11-14)19(24)15-10-18(23)22(12-15)16-5-7-17(25-2)8-6-16;/h5-8,13-15H,3-4,9-12,20H2,1-2H3;1H. The molecule has 3 atom stereocenters. The summed E-state index contributed by atoms with van der Waals surface area (Å²) in [7, 11) is 0. The number of halogens is 1. The monoisotopic (exact) mass is 397 g/mol. The molecule has 2 aliphatic rings. The van der Waals surface area contributed by atoms with Gasteiger partial charge < -0.3 is 15.5 Å². The number of carbonyl (C=O) groups excluding carboxylic acids is 2. The number of hydrogen-bond acceptors (Lipinski definition) is 4. The molecule has 3 rings (SSSR count). The first kappa shape index (κ1) is 21.1. The van der Waals surface area contributed by atoms with Crippen LogP contribution in [0.4, 0.5) is 5.69 Å². The zero-order valence-electron chi connectivity index (χ0n) is 15.4. The Balaban J connectivity index is 0.00000243. The topological polar surface area (TPSA) is 66.6 Å². The molecular weight excluding hydrogens is 370 g/mol. The van der Waals surface area contributed by atoms with Crippen molar-refractivity contribution < 1.29 is 9.59 Å². The number of piperidine rings is 1.